The van der Waals surface area contributed by atoms with Crippen molar-refractivity contribution < 1.29 is 14.9 Å². The largest absolute Gasteiger partial charge is 0.507 e. The first-order valence-electron chi connectivity index (χ1n) is 8.52. The molecule has 0 aliphatic rings. The topological polar surface area (TPSA) is 49.7 Å². The number of hydrogen-bond donors (Lipinski definition) is 2. The molecule has 1 unspecified atom stereocenters. The van der Waals surface area contributed by atoms with Crippen molar-refractivity contribution in [2.24, 2.45) is 5.92 Å². The van der Waals surface area contributed by atoms with E-state index in [0.717, 1.165) is 19.3 Å². The standard InChI is InChI=1S/C21H32O3/c1-9-13(2)12-14(3)10-11-21(6,7)17-15(4)19(23)20(24-8)16(5)18(17)22/h10,13,22-23H,4-5,9,11-12H2,1-3,6-8H3. The highest BCUT2D eigenvalue weighted by atomic mass is 16.5. The molecule has 1 aromatic carbocycles. The van der Waals surface area contributed by atoms with Gasteiger partial charge in [0.15, 0.2) is 11.5 Å². The first kappa shape index (κ1) is 20.1. The van der Waals surface area contributed by atoms with E-state index in [9.17, 15) is 10.2 Å². The second-order valence-corrected chi connectivity index (χ2v) is 7.42. The molecule has 0 saturated heterocycles. The third-order valence-corrected chi connectivity index (χ3v) is 4.81. The molecule has 3 nitrogen and oxygen atoms in total. The molecule has 0 aliphatic carbocycles. The molecule has 0 amide bonds. The SMILES string of the molecule is C=c1c(O)c(C(C)(C)CC=C(C)CC(C)CC)c(=C)c(O)c1OC. The zero-order valence-corrected chi connectivity index (χ0v) is 16.0. The van der Waals surface area contributed by atoms with E-state index in [1.54, 1.807) is 0 Å². The van der Waals surface area contributed by atoms with Crippen LogP contribution in [0.4, 0.5) is 0 Å². The molecule has 0 radical (unpaired) electrons. The molecule has 24 heavy (non-hydrogen) atoms. The molecular weight excluding hydrogens is 300 g/mol. The molecule has 1 atom stereocenters. The number of benzene rings is 1. The number of rotatable bonds is 7. The maximum absolute atomic E-state index is 10.6. The van der Waals surface area contributed by atoms with Crippen LogP contribution in [0.5, 0.6) is 17.2 Å². The van der Waals surface area contributed by atoms with Crippen molar-refractivity contribution in [3.63, 3.8) is 0 Å². The summed E-state index contributed by atoms with van der Waals surface area (Å²) in [6.45, 7) is 18.4. The van der Waals surface area contributed by atoms with Gasteiger partial charge in [-0.05, 0) is 31.1 Å². The Bertz CT molecular complexity index is 714. The summed E-state index contributed by atoms with van der Waals surface area (Å²) >= 11 is 0. The van der Waals surface area contributed by atoms with Crippen LogP contribution in [0.25, 0.3) is 13.2 Å². The number of phenols is 2. The van der Waals surface area contributed by atoms with Gasteiger partial charge < -0.3 is 14.9 Å². The zero-order chi connectivity index (χ0) is 18.7. The van der Waals surface area contributed by atoms with Crippen LogP contribution in [-0.2, 0) is 5.41 Å². The minimum absolute atomic E-state index is 0.0487. The van der Waals surface area contributed by atoms with E-state index in [-0.39, 0.29) is 22.7 Å². The highest BCUT2D eigenvalue weighted by molar-refractivity contribution is 5.56. The smallest absolute Gasteiger partial charge is 0.171 e. The molecule has 0 saturated carbocycles. The van der Waals surface area contributed by atoms with E-state index in [4.69, 9.17) is 4.74 Å². The summed E-state index contributed by atoms with van der Waals surface area (Å²) in [7, 11) is 1.44. The Morgan fingerprint density at radius 1 is 1.21 bits per heavy atom. The minimum Gasteiger partial charge on any atom is -0.507 e. The van der Waals surface area contributed by atoms with Gasteiger partial charge in [0.25, 0.3) is 0 Å². The number of ether oxygens (including phenoxy) is 1. The Morgan fingerprint density at radius 3 is 2.29 bits per heavy atom. The molecule has 0 aromatic heterocycles. The fourth-order valence-electron chi connectivity index (χ4n) is 3.06. The molecule has 0 bridgehead atoms. The Kier molecular flexibility index (Phi) is 6.53. The Morgan fingerprint density at radius 2 is 1.79 bits per heavy atom. The first-order valence-corrected chi connectivity index (χ1v) is 8.52. The van der Waals surface area contributed by atoms with Crippen LogP contribution in [-0.4, -0.2) is 17.3 Å². The lowest BCUT2D eigenvalue weighted by Gasteiger charge is -2.27. The maximum atomic E-state index is 10.6. The average Bonchev–Trinajstić information content (AvgIpc) is 2.51. The molecule has 0 heterocycles. The monoisotopic (exact) mass is 332 g/mol. The van der Waals surface area contributed by atoms with Crippen LogP contribution in [0, 0.1) is 5.92 Å². The summed E-state index contributed by atoms with van der Waals surface area (Å²) in [5, 5.41) is 21.6. The summed E-state index contributed by atoms with van der Waals surface area (Å²) in [5.74, 6) is 0.842. The van der Waals surface area contributed by atoms with E-state index in [0.29, 0.717) is 21.9 Å². The van der Waals surface area contributed by atoms with Crippen molar-refractivity contribution in [3.8, 4) is 17.2 Å². The molecule has 0 aliphatic heterocycles. The van der Waals surface area contributed by atoms with Crippen molar-refractivity contribution in [3.05, 3.63) is 27.6 Å². The molecule has 2 N–H and O–H groups in total. The highest BCUT2D eigenvalue weighted by Gasteiger charge is 2.27. The second-order valence-electron chi connectivity index (χ2n) is 7.42. The zero-order valence-electron chi connectivity index (χ0n) is 16.0. The predicted molar refractivity (Wildman–Crippen MR) is 102 cm³/mol. The molecular formula is C21H32O3. The lowest BCUT2D eigenvalue weighted by Crippen LogP contribution is -2.29. The van der Waals surface area contributed by atoms with Crippen molar-refractivity contribution in [2.75, 3.05) is 7.11 Å². The van der Waals surface area contributed by atoms with E-state index >= 15 is 0 Å². The molecule has 1 aromatic rings. The van der Waals surface area contributed by atoms with Gasteiger partial charge in [0, 0.05) is 10.8 Å². The van der Waals surface area contributed by atoms with Gasteiger partial charge >= 0.3 is 0 Å². The van der Waals surface area contributed by atoms with Crippen molar-refractivity contribution >= 4 is 13.2 Å². The second kappa shape index (κ2) is 7.78. The van der Waals surface area contributed by atoms with Gasteiger partial charge in [0.05, 0.1) is 12.3 Å². The summed E-state index contributed by atoms with van der Waals surface area (Å²) in [6.07, 6.45) is 5.20. The molecule has 1 rings (SSSR count). The summed E-state index contributed by atoms with van der Waals surface area (Å²) in [5.41, 5.74) is 1.59. The summed E-state index contributed by atoms with van der Waals surface area (Å²) in [6, 6.07) is 0. The Labute approximate surface area is 146 Å². The van der Waals surface area contributed by atoms with Gasteiger partial charge in [-0.2, -0.15) is 0 Å². The van der Waals surface area contributed by atoms with Crippen molar-refractivity contribution in [1.82, 2.24) is 0 Å². The van der Waals surface area contributed by atoms with Crippen LogP contribution in [0.3, 0.4) is 0 Å². The Balaban J connectivity index is 3.27. The summed E-state index contributed by atoms with van der Waals surface area (Å²) in [4.78, 5) is 0. The maximum Gasteiger partial charge on any atom is 0.171 e. The number of hydrogen-bond acceptors (Lipinski definition) is 3. The normalized spacial score (nSPS) is 13.8. The Hall–Kier alpha value is -1.90. The first-order chi connectivity index (χ1) is 11.1. The van der Waals surface area contributed by atoms with Crippen LogP contribution in [0.2, 0.25) is 0 Å². The average molecular weight is 332 g/mol. The van der Waals surface area contributed by atoms with Gasteiger partial charge in [-0.25, -0.2) is 0 Å². The van der Waals surface area contributed by atoms with Crippen molar-refractivity contribution in [1.29, 1.82) is 0 Å². The van der Waals surface area contributed by atoms with E-state index < -0.39 is 0 Å². The van der Waals surface area contributed by atoms with E-state index in [2.05, 4.69) is 40.0 Å². The lowest BCUT2D eigenvalue weighted by molar-refractivity contribution is 0.355. The third-order valence-electron chi connectivity index (χ3n) is 4.81. The number of allylic oxidation sites excluding steroid dienone is 2. The third kappa shape index (κ3) is 4.14. The number of phenolic OH excluding ortho intramolecular Hbond substituents is 2. The lowest BCUT2D eigenvalue weighted by atomic mass is 9.78. The molecule has 0 fully saturated rings. The fraction of sp³-hybridized carbons (Fsp3) is 0.524. The summed E-state index contributed by atoms with van der Waals surface area (Å²) < 4.78 is 5.13. The molecule has 0 spiro atoms. The molecule has 3 heteroatoms. The van der Waals surface area contributed by atoms with Gasteiger partial charge in [-0.15, -0.1) is 0 Å². The number of methoxy groups -OCH3 is 1. The van der Waals surface area contributed by atoms with Crippen LogP contribution < -0.4 is 15.2 Å². The van der Waals surface area contributed by atoms with Crippen molar-refractivity contribution in [2.45, 2.75) is 59.3 Å². The van der Waals surface area contributed by atoms with E-state index in [1.807, 2.05) is 13.8 Å². The predicted octanol–water partition coefficient (Wildman–Crippen LogP) is 3.98. The fourth-order valence-corrected chi connectivity index (χ4v) is 3.06. The highest BCUT2D eigenvalue weighted by Crippen LogP contribution is 2.34. The van der Waals surface area contributed by atoms with Crippen LogP contribution in [0.1, 0.15) is 59.4 Å². The quantitative estimate of drug-likeness (QED) is 0.586. The number of aromatic hydroxyl groups is 2. The van der Waals surface area contributed by atoms with Crippen LogP contribution in [0.15, 0.2) is 11.6 Å². The minimum atomic E-state index is -0.381. The van der Waals surface area contributed by atoms with Gasteiger partial charge in [-0.1, -0.05) is 58.9 Å². The van der Waals surface area contributed by atoms with Gasteiger partial charge in [0.2, 0.25) is 0 Å². The van der Waals surface area contributed by atoms with Gasteiger partial charge in [0.1, 0.15) is 5.75 Å². The van der Waals surface area contributed by atoms with Crippen LogP contribution >= 0.6 is 0 Å². The van der Waals surface area contributed by atoms with E-state index in [1.165, 1.54) is 12.7 Å². The molecule has 134 valence electrons. The van der Waals surface area contributed by atoms with Gasteiger partial charge in [-0.3, -0.25) is 0 Å².